The fourth-order valence-corrected chi connectivity index (χ4v) is 2.51. The number of carbonyl (C=O) groups is 2. The van der Waals surface area contributed by atoms with Crippen molar-refractivity contribution in [1.29, 1.82) is 0 Å². The molecule has 1 rings (SSSR count). The van der Waals surface area contributed by atoms with Crippen LogP contribution < -0.4 is 5.32 Å². The van der Waals surface area contributed by atoms with Crippen molar-refractivity contribution in [3.8, 4) is 0 Å². The number of hydrogen-bond donors (Lipinski definition) is 2. The Hall–Kier alpha value is -1.89. The largest absolute Gasteiger partial charge is 0.481 e. The van der Waals surface area contributed by atoms with E-state index in [-0.39, 0.29) is 4.90 Å². The molecule has 1 aromatic carbocycles. The first-order chi connectivity index (χ1) is 9.43. The predicted molar refractivity (Wildman–Crippen MR) is 78.8 cm³/mol. The van der Waals surface area contributed by atoms with Gasteiger partial charge in [0, 0.05) is 11.9 Å². The van der Waals surface area contributed by atoms with E-state index in [1.807, 2.05) is 0 Å². The van der Waals surface area contributed by atoms with Gasteiger partial charge in [-0.05, 0) is 29.7 Å². The molecule has 0 heterocycles. The van der Waals surface area contributed by atoms with Gasteiger partial charge in [0.15, 0.2) is 9.84 Å². The van der Waals surface area contributed by atoms with Crippen LogP contribution in [-0.4, -0.2) is 31.7 Å². The van der Waals surface area contributed by atoms with Crippen LogP contribution in [0.15, 0.2) is 29.2 Å². The van der Waals surface area contributed by atoms with Crippen molar-refractivity contribution in [1.82, 2.24) is 0 Å². The molecule has 21 heavy (non-hydrogen) atoms. The van der Waals surface area contributed by atoms with Crippen molar-refractivity contribution in [3.63, 3.8) is 0 Å². The van der Waals surface area contributed by atoms with Gasteiger partial charge < -0.3 is 10.4 Å². The molecule has 2 N–H and O–H groups in total. The van der Waals surface area contributed by atoms with Gasteiger partial charge in [-0.15, -0.1) is 0 Å². The molecule has 1 amide bonds. The molecule has 7 heteroatoms. The maximum Gasteiger partial charge on any atom is 0.316 e. The molecule has 0 aromatic heterocycles. The van der Waals surface area contributed by atoms with E-state index in [1.54, 1.807) is 20.8 Å². The summed E-state index contributed by atoms with van der Waals surface area (Å²) in [6, 6.07) is 5.57. The maximum atomic E-state index is 12.1. The quantitative estimate of drug-likeness (QED) is 0.825. The molecule has 0 aliphatic heterocycles. The Kier molecular flexibility index (Phi) is 4.78. The molecule has 0 aliphatic carbocycles. The van der Waals surface area contributed by atoms with Gasteiger partial charge in [0.2, 0.25) is 5.91 Å². The number of nitrogens with one attached hydrogen (secondary N) is 1. The average molecular weight is 313 g/mol. The third-order valence-corrected chi connectivity index (χ3v) is 4.05. The van der Waals surface area contributed by atoms with Crippen LogP contribution in [0.1, 0.15) is 20.8 Å². The van der Waals surface area contributed by atoms with Gasteiger partial charge in [0.25, 0.3) is 0 Å². The first-order valence-electron chi connectivity index (χ1n) is 6.26. The number of sulfone groups is 1. The van der Waals surface area contributed by atoms with Crippen LogP contribution in [0.25, 0.3) is 0 Å². The van der Waals surface area contributed by atoms with E-state index in [0.29, 0.717) is 5.69 Å². The molecule has 0 saturated carbocycles. The van der Waals surface area contributed by atoms with Gasteiger partial charge in [0.1, 0.15) is 5.92 Å². The van der Waals surface area contributed by atoms with Crippen LogP contribution >= 0.6 is 0 Å². The zero-order valence-electron chi connectivity index (χ0n) is 12.4. The fraction of sp³-hybridized carbons (Fsp3) is 0.429. The van der Waals surface area contributed by atoms with E-state index in [1.165, 1.54) is 24.3 Å². The minimum atomic E-state index is -3.31. The van der Waals surface area contributed by atoms with Gasteiger partial charge in [-0.1, -0.05) is 20.8 Å². The van der Waals surface area contributed by atoms with Crippen molar-refractivity contribution >= 4 is 27.4 Å². The van der Waals surface area contributed by atoms with E-state index in [0.717, 1.165) is 6.26 Å². The molecule has 0 spiro atoms. The zero-order chi connectivity index (χ0) is 16.4. The zero-order valence-corrected chi connectivity index (χ0v) is 13.2. The Labute approximate surface area is 124 Å². The number of amides is 1. The summed E-state index contributed by atoms with van der Waals surface area (Å²) in [7, 11) is -3.31. The highest BCUT2D eigenvalue weighted by atomic mass is 32.2. The lowest BCUT2D eigenvalue weighted by atomic mass is 9.80. The number of hydrogen-bond acceptors (Lipinski definition) is 4. The molecule has 0 aliphatic rings. The summed E-state index contributed by atoms with van der Waals surface area (Å²) in [5, 5.41) is 11.7. The van der Waals surface area contributed by atoms with E-state index < -0.39 is 33.0 Å². The van der Waals surface area contributed by atoms with Crippen molar-refractivity contribution < 1.29 is 23.1 Å². The minimum Gasteiger partial charge on any atom is -0.481 e. The molecule has 0 bridgehead atoms. The van der Waals surface area contributed by atoms with Gasteiger partial charge in [-0.3, -0.25) is 9.59 Å². The van der Waals surface area contributed by atoms with Gasteiger partial charge in [-0.25, -0.2) is 8.42 Å². The molecule has 1 atom stereocenters. The first kappa shape index (κ1) is 17.2. The monoisotopic (exact) mass is 313 g/mol. The number of anilines is 1. The van der Waals surface area contributed by atoms with Crippen LogP contribution in [0, 0.1) is 11.3 Å². The molecule has 116 valence electrons. The van der Waals surface area contributed by atoms with Crippen LogP contribution in [0.3, 0.4) is 0 Å². The highest BCUT2D eigenvalue weighted by Crippen LogP contribution is 2.27. The Morgan fingerprint density at radius 2 is 1.62 bits per heavy atom. The van der Waals surface area contributed by atoms with Crippen molar-refractivity contribution in [3.05, 3.63) is 24.3 Å². The predicted octanol–water partition coefficient (Wildman–Crippen LogP) is 1.78. The second kappa shape index (κ2) is 5.85. The number of benzene rings is 1. The third kappa shape index (κ3) is 4.56. The highest BCUT2D eigenvalue weighted by molar-refractivity contribution is 7.90. The molecule has 0 radical (unpaired) electrons. The summed E-state index contributed by atoms with van der Waals surface area (Å²) in [6.07, 6.45) is 1.08. The van der Waals surface area contributed by atoms with Crippen LogP contribution in [0.4, 0.5) is 5.69 Å². The first-order valence-corrected chi connectivity index (χ1v) is 8.16. The van der Waals surface area contributed by atoms with Crippen molar-refractivity contribution in [2.45, 2.75) is 25.7 Å². The molecule has 0 saturated heterocycles. The number of aliphatic carboxylic acids is 1. The van der Waals surface area contributed by atoms with Crippen molar-refractivity contribution in [2.75, 3.05) is 11.6 Å². The highest BCUT2D eigenvalue weighted by Gasteiger charge is 2.37. The smallest absolute Gasteiger partial charge is 0.316 e. The summed E-state index contributed by atoms with van der Waals surface area (Å²) < 4.78 is 22.7. The lowest BCUT2D eigenvalue weighted by Crippen LogP contribution is -2.39. The maximum absolute atomic E-state index is 12.1. The Morgan fingerprint density at radius 3 is 1.95 bits per heavy atom. The van der Waals surface area contributed by atoms with Gasteiger partial charge in [0.05, 0.1) is 4.90 Å². The Morgan fingerprint density at radius 1 is 1.14 bits per heavy atom. The van der Waals surface area contributed by atoms with E-state index in [9.17, 15) is 18.0 Å². The molecule has 1 aromatic rings. The standard InChI is InChI=1S/C14H19NO5S/c1-14(2,3)11(13(17)18)12(16)15-9-5-7-10(8-6-9)21(4,19)20/h5-8,11H,1-4H3,(H,15,16)(H,17,18). The van der Waals surface area contributed by atoms with E-state index >= 15 is 0 Å². The molecular weight excluding hydrogens is 294 g/mol. The summed E-state index contributed by atoms with van der Waals surface area (Å²) >= 11 is 0. The number of carbonyl (C=O) groups excluding carboxylic acids is 1. The van der Waals surface area contributed by atoms with Crippen LogP contribution in [0.2, 0.25) is 0 Å². The van der Waals surface area contributed by atoms with Gasteiger partial charge >= 0.3 is 5.97 Å². The normalized spacial score (nSPS) is 13.5. The average Bonchev–Trinajstić information content (AvgIpc) is 2.25. The summed E-state index contributed by atoms with van der Waals surface area (Å²) in [5.41, 5.74) is -0.384. The molecule has 6 nitrogen and oxygen atoms in total. The van der Waals surface area contributed by atoms with Crippen LogP contribution in [0.5, 0.6) is 0 Å². The van der Waals surface area contributed by atoms with E-state index in [4.69, 9.17) is 5.11 Å². The number of rotatable bonds is 4. The molecule has 1 unspecified atom stereocenters. The Balaban J connectivity index is 2.95. The summed E-state index contributed by atoms with van der Waals surface area (Å²) in [4.78, 5) is 23.4. The topological polar surface area (TPSA) is 101 Å². The number of carboxylic acid groups (broad SMARTS) is 1. The van der Waals surface area contributed by atoms with Crippen LogP contribution in [-0.2, 0) is 19.4 Å². The van der Waals surface area contributed by atoms with Crippen molar-refractivity contribution in [2.24, 2.45) is 11.3 Å². The summed E-state index contributed by atoms with van der Waals surface area (Å²) in [6.45, 7) is 4.99. The summed E-state index contributed by atoms with van der Waals surface area (Å²) in [5.74, 6) is -3.04. The number of carboxylic acids is 1. The third-order valence-electron chi connectivity index (χ3n) is 2.93. The second-order valence-electron chi connectivity index (χ2n) is 5.92. The van der Waals surface area contributed by atoms with Gasteiger partial charge in [-0.2, -0.15) is 0 Å². The van der Waals surface area contributed by atoms with E-state index in [2.05, 4.69) is 5.32 Å². The lowest BCUT2D eigenvalue weighted by Gasteiger charge is -2.25. The minimum absolute atomic E-state index is 0.131. The fourth-order valence-electron chi connectivity index (χ4n) is 1.88. The molecular formula is C14H19NO5S. The second-order valence-corrected chi connectivity index (χ2v) is 7.94. The molecule has 0 fully saturated rings. The SMILES string of the molecule is CC(C)(C)C(C(=O)O)C(=O)Nc1ccc(S(C)(=O)=O)cc1. The lowest BCUT2D eigenvalue weighted by molar-refractivity contribution is -0.149. The Bertz CT molecular complexity index is 641.